The highest BCUT2D eigenvalue weighted by molar-refractivity contribution is 4.89. The predicted molar refractivity (Wildman–Crippen MR) is 82.6 cm³/mol. The lowest BCUT2D eigenvalue weighted by atomic mass is 9.97. The van der Waals surface area contributed by atoms with Gasteiger partial charge in [-0.1, -0.05) is 13.3 Å². The summed E-state index contributed by atoms with van der Waals surface area (Å²) < 4.78 is 0. The van der Waals surface area contributed by atoms with Crippen LogP contribution in [0.2, 0.25) is 0 Å². The van der Waals surface area contributed by atoms with E-state index in [0.717, 1.165) is 12.1 Å². The van der Waals surface area contributed by atoms with Gasteiger partial charge in [-0.15, -0.1) is 0 Å². The number of nitrogens with zero attached hydrogens (tertiary/aromatic N) is 2. The van der Waals surface area contributed by atoms with Crippen LogP contribution in [0, 0.1) is 0 Å². The van der Waals surface area contributed by atoms with Crippen LogP contribution in [0.5, 0.6) is 0 Å². The zero-order valence-electron chi connectivity index (χ0n) is 13.2. The van der Waals surface area contributed by atoms with E-state index < -0.39 is 0 Å². The molecular weight excluding hydrogens is 234 g/mol. The summed E-state index contributed by atoms with van der Waals surface area (Å²) in [6.45, 7) is 9.96. The zero-order chi connectivity index (χ0) is 13.7. The van der Waals surface area contributed by atoms with Crippen LogP contribution in [0.25, 0.3) is 0 Å². The Morgan fingerprint density at radius 1 is 1.26 bits per heavy atom. The Hall–Kier alpha value is -0.120. The van der Waals surface area contributed by atoms with Crippen molar-refractivity contribution in [3.63, 3.8) is 0 Å². The number of fused-ring (bicyclic) bond motifs is 1. The minimum Gasteiger partial charge on any atom is -0.317 e. The standard InChI is InChI=1S/C16H33N3/c1-4-15(17-3)8-7-11-18-13-16-9-5-6-10-19(16)12-14(18)2/h14-17H,4-13H2,1-3H3. The maximum atomic E-state index is 3.42. The largest absolute Gasteiger partial charge is 0.317 e. The van der Waals surface area contributed by atoms with E-state index in [9.17, 15) is 0 Å². The van der Waals surface area contributed by atoms with Gasteiger partial charge in [0.2, 0.25) is 0 Å². The van der Waals surface area contributed by atoms with Crippen molar-refractivity contribution in [2.24, 2.45) is 0 Å². The Morgan fingerprint density at radius 2 is 2.11 bits per heavy atom. The average Bonchev–Trinajstić information content (AvgIpc) is 2.44. The molecule has 0 aliphatic carbocycles. The summed E-state index contributed by atoms with van der Waals surface area (Å²) in [6, 6.07) is 2.33. The molecule has 0 radical (unpaired) electrons. The van der Waals surface area contributed by atoms with Gasteiger partial charge in [0, 0.05) is 31.2 Å². The van der Waals surface area contributed by atoms with Gasteiger partial charge in [-0.2, -0.15) is 0 Å². The van der Waals surface area contributed by atoms with Crippen LogP contribution in [0.3, 0.4) is 0 Å². The highest BCUT2D eigenvalue weighted by Gasteiger charge is 2.32. The monoisotopic (exact) mass is 267 g/mol. The molecular formula is C16H33N3. The molecule has 3 heteroatoms. The van der Waals surface area contributed by atoms with E-state index in [1.807, 2.05) is 0 Å². The quantitative estimate of drug-likeness (QED) is 0.797. The van der Waals surface area contributed by atoms with E-state index in [0.29, 0.717) is 6.04 Å². The Morgan fingerprint density at radius 3 is 2.84 bits per heavy atom. The SMILES string of the molecule is CCC(CCCN1CC2CCCCN2CC1C)NC. The maximum Gasteiger partial charge on any atom is 0.0223 e. The van der Waals surface area contributed by atoms with E-state index in [1.165, 1.54) is 64.7 Å². The van der Waals surface area contributed by atoms with E-state index in [-0.39, 0.29) is 0 Å². The number of hydrogen-bond donors (Lipinski definition) is 1. The Kier molecular flexibility index (Phi) is 6.11. The lowest BCUT2D eigenvalue weighted by Crippen LogP contribution is -2.58. The van der Waals surface area contributed by atoms with Crippen molar-refractivity contribution in [3.05, 3.63) is 0 Å². The third-order valence-electron chi connectivity index (χ3n) is 5.22. The molecule has 19 heavy (non-hydrogen) atoms. The molecule has 2 rings (SSSR count). The van der Waals surface area contributed by atoms with Gasteiger partial charge in [0.25, 0.3) is 0 Å². The third-order valence-corrected chi connectivity index (χ3v) is 5.22. The van der Waals surface area contributed by atoms with Gasteiger partial charge in [-0.25, -0.2) is 0 Å². The van der Waals surface area contributed by atoms with Gasteiger partial charge < -0.3 is 5.32 Å². The number of nitrogens with one attached hydrogen (secondary N) is 1. The first kappa shape index (κ1) is 15.3. The molecule has 0 aromatic carbocycles. The third kappa shape index (κ3) is 4.17. The van der Waals surface area contributed by atoms with Crippen molar-refractivity contribution in [1.29, 1.82) is 0 Å². The summed E-state index contributed by atoms with van der Waals surface area (Å²) >= 11 is 0. The van der Waals surface area contributed by atoms with Crippen molar-refractivity contribution in [2.75, 3.05) is 33.2 Å². The Balaban J connectivity index is 1.74. The summed E-state index contributed by atoms with van der Waals surface area (Å²) in [5.74, 6) is 0. The summed E-state index contributed by atoms with van der Waals surface area (Å²) in [7, 11) is 2.09. The van der Waals surface area contributed by atoms with E-state index in [2.05, 4.69) is 36.0 Å². The molecule has 0 bridgehead atoms. The predicted octanol–water partition coefficient (Wildman–Crippen LogP) is 2.32. The molecule has 0 aromatic heterocycles. The minimum absolute atomic E-state index is 0.714. The van der Waals surface area contributed by atoms with Crippen molar-refractivity contribution in [1.82, 2.24) is 15.1 Å². The molecule has 0 saturated carbocycles. The highest BCUT2D eigenvalue weighted by atomic mass is 15.3. The molecule has 1 N–H and O–H groups in total. The fraction of sp³-hybridized carbons (Fsp3) is 1.00. The summed E-state index contributed by atoms with van der Waals surface area (Å²) in [5, 5.41) is 3.42. The molecule has 3 atom stereocenters. The molecule has 2 aliphatic rings. The number of hydrogen-bond acceptors (Lipinski definition) is 3. The molecule has 2 saturated heterocycles. The Labute approximate surface area is 119 Å². The first-order valence-corrected chi connectivity index (χ1v) is 8.40. The zero-order valence-corrected chi connectivity index (χ0v) is 13.2. The number of piperazine rings is 1. The van der Waals surface area contributed by atoms with Crippen molar-refractivity contribution in [2.45, 2.75) is 70.5 Å². The second kappa shape index (κ2) is 7.61. The van der Waals surface area contributed by atoms with Crippen LogP contribution < -0.4 is 5.32 Å². The van der Waals surface area contributed by atoms with Crippen molar-refractivity contribution in [3.8, 4) is 0 Å². The lowest BCUT2D eigenvalue weighted by Gasteiger charge is -2.47. The van der Waals surface area contributed by atoms with Crippen LogP contribution in [0.1, 0.15) is 52.4 Å². The van der Waals surface area contributed by atoms with Gasteiger partial charge in [0.1, 0.15) is 0 Å². The maximum absolute atomic E-state index is 3.42. The van der Waals surface area contributed by atoms with Crippen LogP contribution in [0.15, 0.2) is 0 Å². The molecule has 3 unspecified atom stereocenters. The molecule has 0 aromatic rings. The van der Waals surface area contributed by atoms with Crippen LogP contribution >= 0.6 is 0 Å². The summed E-state index contributed by atoms with van der Waals surface area (Å²) in [5.41, 5.74) is 0. The molecule has 112 valence electrons. The Bertz CT molecular complexity index is 252. The smallest absolute Gasteiger partial charge is 0.0223 e. The molecule has 0 spiro atoms. The number of piperidine rings is 1. The number of rotatable bonds is 6. The average molecular weight is 267 g/mol. The van der Waals surface area contributed by atoms with Gasteiger partial charge >= 0.3 is 0 Å². The first-order chi connectivity index (χ1) is 9.24. The first-order valence-electron chi connectivity index (χ1n) is 8.40. The molecule has 0 amide bonds. The molecule has 3 nitrogen and oxygen atoms in total. The lowest BCUT2D eigenvalue weighted by molar-refractivity contribution is 0.0144. The second-order valence-corrected chi connectivity index (χ2v) is 6.52. The molecule has 2 fully saturated rings. The van der Waals surface area contributed by atoms with Crippen molar-refractivity contribution >= 4 is 0 Å². The molecule has 2 aliphatic heterocycles. The molecule has 2 heterocycles. The van der Waals surface area contributed by atoms with Gasteiger partial charge in [-0.05, 0) is 59.2 Å². The summed E-state index contributed by atoms with van der Waals surface area (Å²) in [6.07, 6.45) is 8.21. The van der Waals surface area contributed by atoms with E-state index >= 15 is 0 Å². The van der Waals surface area contributed by atoms with Crippen LogP contribution in [-0.4, -0.2) is 61.2 Å². The normalized spacial score (nSPS) is 31.1. The van der Waals surface area contributed by atoms with E-state index in [1.54, 1.807) is 0 Å². The fourth-order valence-electron chi connectivity index (χ4n) is 3.82. The van der Waals surface area contributed by atoms with Gasteiger partial charge in [-0.3, -0.25) is 9.80 Å². The van der Waals surface area contributed by atoms with Gasteiger partial charge in [0.05, 0.1) is 0 Å². The van der Waals surface area contributed by atoms with E-state index in [4.69, 9.17) is 0 Å². The fourth-order valence-corrected chi connectivity index (χ4v) is 3.82. The summed E-state index contributed by atoms with van der Waals surface area (Å²) in [4.78, 5) is 5.49. The minimum atomic E-state index is 0.714. The van der Waals surface area contributed by atoms with Crippen LogP contribution in [-0.2, 0) is 0 Å². The second-order valence-electron chi connectivity index (χ2n) is 6.52. The van der Waals surface area contributed by atoms with Gasteiger partial charge in [0.15, 0.2) is 0 Å². The highest BCUT2D eigenvalue weighted by Crippen LogP contribution is 2.24. The van der Waals surface area contributed by atoms with Crippen LogP contribution in [0.4, 0.5) is 0 Å². The topological polar surface area (TPSA) is 18.5 Å². The van der Waals surface area contributed by atoms with Crippen molar-refractivity contribution < 1.29 is 0 Å².